The van der Waals surface area contributed by atoms with Crippen LogP contribution in [0.1, 0.15) is 0 Å². The van der Waals surface area contributed by atoms with E-state index in [-0.39, 0.29) is 6.73 Å². The van der Waals surface area contributed by atoms with Crippen LogP contribution in [0.15, 0.2) is 0 Å². The van der Waals surface area contributed by atoms with Gasteiger partial charge in [0.2, 0.25) is 0 Å². The summed E-state index contributed by atoms with van der Waals surface area (Å²) in [4.78, 5) is 1.18. The number of nitrogens with zero attached hydrogens (tertiary/aromatic N) is 1. The van der Waals surface area contributed by atoms with Crippen LogP contribution in [0.25, 0.3) is 0 Å². The first-order chi connectivity index (χ1) is 2.27. The molecule has 0 saturated heterocycles. The summed E-state index contributed by atoms with van der Waals surface area (Å²) in [5.41, 5.74) is 0. The molecule has 0 unspecified atom stereocenters. The molecule has 0 saturated carbocycles. The Labute approximate surface area is 32.8 Å². The maximum absolute atomic E-state index is 7.94. The quantitative estimate of drug-likeness (QED) is 0.315. The first-order valence-electron chi connectivity index (χ1n) is 1.34. The molecule has 3 heteroatoms. The van der Waals surface area contributed by atoms with Crippen LogP contribution < -0.4 is 0 Å². The Bertz CT molecular complexity index is 23.6. The summed E-state index contributed by atoms with van der Waals surface area (Å²) in [6.07, 6.45) is 0. The van der Waals surface area contributed by atoms with E-state index in [0.717, 1.165) is 0 Å². The molecule has 0 aromatic heterocycles. The zero-order valence-corrected chi connectivity index (χ0v) is 3.18. The number of hydrogen-bond acceptors (Lipinski definition) is 2. The van der Waals surface area contributed by atoms with Crippen molar-refractivity contribution in [3.05, 3.63) is 0 Å². The summed E-state index contributed by atoms with van der Waals surface area (Å²) in [6.45, 7) is -0.0833. The summed E-state index contributed by atoms with van der Waals surface area (Å²) in [5.74, 6) is 0. The lowest BCUT2D eigenvalue weighted by molar-refractivity contribution is 0.203. The zero-order valence-electron chi connectivity index (χ0n) is 3.18. The van der Waals surface area contributed by atoms with Crippen molar-refractivity contribution in [1.82, 2.24) is 4.81 Å². The van der Waals surface area contributed by atoms with Crippen LogP contribution in [0.2, 0.25) is 0 Å². The minimum absolute atomic E-state index is 0.0833. The Morgan fingerprint density at radius 3 is 2.20 bits per heavy atom. The lowest BCUT2D eigenvalue weighted by Crippen LogP contribution is -2.13. The third kappa shape index (κ3) is 3.98. The molecule has 1 N–H and O–H groups in total. The van der Waals surface area contributed by atoms with Gasteiger partial charge in [-0.3, -0.25) is 0 Å². The van der Waals surface area contributed by atoms with E-state index in [1.54, 1.807) is 7.05 Å². The van der Waals surface area contributed by atoms with E-state index in [1.165, 1.54) is 4.81 Å². The minimum Gasteiger partial charge on any atom is -0.382 e. The van der Waals surface area contributed by atoms with Crippen molar-refractivity contribution in [3.8, 4) is 0 Å². The fourth-order valence-electron chi connectivity index (χ4n) is 0. The van der Waals surface area contributed by atoms with Crippen LogP contribution in [0.4, 0.5) is 0 Å². The highest BCUT2D eigenvalue weighted by Crippen LogP contribution is 1.57. The molecule has 0 aliphatic carbocycles. The molecule has 0 aliphatic rings. The molecule has 0 aliphatic heterocycles. The minimum atomic E-state index is -0.0833. The highest BCUT2D eigenvalue weighted by Gasteiger charge is 1.73. The van der Waals surface area contributed by atoms with Crippen molar-refractivity contribution in [2.24, 2.45) is 0 Å². The van der Waals surface area contributed by atoms with Crippen LogP contribution in [-0.4, -0.2) is 31.7 Å². The third-order valence-electron chi connectivity index (χ3n) is 0.223. The molecule has 0 heterocycles. The normalized spacial score (nSPS) is 9.40. The molecule has 0 rings (SSSR count). The summed E-state index contributed by atoms with van der Waals surface area (Å²) >= 11 is 0. The SMILES string of the molecule is [B]N(C)CO. The second kappa shape index (κ2) is 2.24. The zero-order chi connectivity index (χ0) is 4.28. The molecular weight excluding hydrogens is 64.8 g/mol. The number of hydrogen-bond donors (Lipinski definition) is 1. The highest BCUT2D eigenvalue weighted by atomic mass is 16.3. The molecule has 5 heavy (non-hydrogen) atoms. The summed E-state index contributed by atoms with van der Waals surface area (Å²) in [6, 6.07) is 0. The average Bonchev–Trinajstić information content (AvgIpc) is 1.38. The maximum Gasteiger partial charge on any atom is 0.185 e. The van der Waals surface area contributed by atoms with Crippen LogP contribution >= 0.6 is 0 Å². The molecule has 0 atom stereocenters. The van der Waals surface area contributed by atoms with E-state index in [4.69, 9.17) is 13.1 Å². The van der Waals surface area contributed by atoms with Gasteiger partial charge in [0.05, 0.1) is 6.73 Å². The fraction of sp³-hybridized carbons (Fsp3) is 1.00. The largest absolute Gasteiger partial charge is 0.382 e. The topological polar surface area (TPSA) is 23.5 Å². The Balaban J connectivity index is 2.54. The fourth-order valence-corrected chi connectivity index (χ4v) is 0. The van der Waals surface area contributed by atoms with Gasteiger partial charge in [-0.2, -0.15) is 0 Å². The van der Waals surface area contributed by atoms with Crippen LogP contribution in [-0.2, 0) is 0 Å². The monoisotopic (exact) mass is 71.1 g/mol. The average molecular weight is 70.9 g/mol. The molecule has 28 valence electrons. The molecule has 0 aromatic carbocycles. The second-order valence-corrected chi connectivity index (χ2v) is 0.898. The molecule has 0 aromatic rings. The Morgan fingerprint density at radius 1 is 2.00 bits per heavy atom. The van der Waals surface area contributed by atoms with Gasteiger partial charge in [0.15, 0.2) is 7.98 Å². The van der Waals surface area contributed by atoms with Gasteiger partial charge in [-0.25, -0.2) is 0 Å². The Morgan fingerprint density at radius 2 is 2.20 bits per heavy atom. The highest BCUT2D eigenvalue weighted by molar-refractivity contribution is 6.03. The Kier molecular flexibility index (Phi) is 2.23. The standard InChI is InChI=1S/C2H6BNO/c1-4(3)2-5/h5H,2H2,1H3. The maximum atomic E-state index is 7.94. The predicted molar refractivity (Wildman–Crippen MR) is 20.6 cm³/mol. The van der Waals surface area contributed by atoms with E-state index < -0.39 is 0 Å². The molecule has 0 bridgehead atoms. The van der Waals surface area contributed by atoms with E-state index in [2.05, 4.69) is 0 Å². The van der Waals surface area contributed by atoms with Crippen molar-refractivity contribution in [2.75, 3.05) is 13.8 Å². The molecule has 0 spiro atoms. The molecule has 2 nitrogen and oxygen atoms in total. The predicted octanol–water partition coefficient (Wildman–Crippen LogP) is -1.05. The van der Waals surface area contributed by atoms with E-state index in [0.29, 0.717) is 0 Å². The molecule has 0 fully saturated rings. The lowest BCUT2D eigenvalue weighted by Gasteiger charge is -1.99. The number of rotatable bonds is 1. The van der Waals surface area contributed by atoms with Gasteiger partial charge in [0.25, 0.3) is 0 Å². The lowest BCUT2D eigenvalue weighted by atomic mass is 10.4. The van der Waals surface area contributed by atoms with Gasteiger partial charge in [0, 0.05) is 0 Å². The van der Waals surface area contributed by atoms with E-state index >= 15 is 0 Å². The number of aliphatic hydroxyl groups excluding tert-OH is 1. The molecule has 0 amide bonds. The van der Waals surface area contributed by atoms with Crippen LogP contribution in [0.5, 0.6) is 0 Å². The van der Waals surface area contributed by atoms with Crippen molar-refractivity contribution in [1.29, 1.82) is 0 Å². The molecule has 2 radical (unpaired) electrons. The van der Waals surface area contributed by atoms with Gasteiger partial charge in [0.1, 0.15) is 0 Å². The second-order valence-electron chi connectivity index (χ2n) is 0.898. The summed E-state index contributed by atoms with van der Waals surface area (Å²) < 4.78 is 0. The van der Waals surface area contributed by atoms with E-state index in [9.17, 15) is 0 Å². The third-order valence-corrected chi connectivity index (χ3v) is 0.223. The Hall–Kier alpha value is -0.0151. The van der Waals surface area contributed by atoms with Gasteiger partial charge >= 0.3 is 0 Å². The van der Waals surface area contributed by atoms with Crippen molar-refractivity contribution < 1.29 is 5.11 Å². The first-order valence-corrected chi connectivity index (χ1v) is 1.34. The van der Waals surface area contributed by atoms with Crippen molar-refractivity contribution >= 4 is 7.98 Å². The van der Waals surface area contributed by atoms with Crippen LogP contribution in [0, 0.1) is 0 Å². The first kappa shape index (κ1) is 4.98. The van der Waals surface area contributed by atoms with Gasteiger partial charge in [-0.1, -0.05) is 0 Å². The summed E-state index contributed by atoms with van der Waals surface area (Å²) in [5, 5.41) is 7.94. The van der Waals surface area contributed by atoms with Crippen molar-refractivity contribution in [3.63, 3.8) is 0 Å². The molecular formula is C2H6BNO. The van der Waals surface area contributed by atoms with E-state index in [1.807, 2.05) is 0 Å². The van der Waals surface area contributed by atoms with Gasteiger partial charge in [-0.05, 0) is 7.05 Å². The van der Waals surface area contributed by atoms with Crippen molar-refractivity contribution in [2.45, 2.75) is 0 Å². The van der Waals surface area contributed by atoms with Crippen LogP contribution in [0.3, 0.4) is 0 Å². The summed E-state index contributed by atoms with van der Waals surface area (Å²) in [7, 11) is 6.46. The smallest absolute Gasteiger partial charge is 0.185 e. The van der Waals surface area contributed by atoms with Gasteiger partial charge in [-0.15, -0.1) is 0 Å². The number of aliphatic hydroxyl groups is 1. The van der Waals surface area contributed by atoms with Gasteiger partial charge < -0.3 is 9.92 Å².